The Kier molecular flexibility index (Phi) is 1.73. The number of nitrogens with zero attached hydrogens (tertiary/aromatic N) is 3. The average molecular weight is 174 g/mol. The molecule has 0 aliphatic heterocycles. The van der Waals surface area contributed by atoms with Crippen LogP contribution < -0.4 is 5.11 Å². The van der Waals surface area contributed by atoms with Crippen LogP contribution in [0.4, 0.5) is 0 Å². The van der Waals surface area contributed by atoms with E-state index in [9.17, 15) is 5.11 Å². The summed E-state index contributed by atoms with van der Waals surface area (Å²) >= 11 is 0. The van der Waals surface area contributed by atoms with E-state index in [2.05, 4.69) is 10.1 Å². The van der Waals surface area contributed by atoms with Crippen LogP contribution in [-0.2, 0) is 0 Å². The number of rotatable bonds is 1. The molecule has 0 saturated carbocycles. The Labute approximate surface area is 75.5 Å². The van der Waals surface area contributed by atoms with Gasteiger partial charge in [0.1, 0.15) is 0 Å². The fourth-order valence-electron chi connectivity index (χ4n) is 1.12. The minimum absolute atomic E-state index is 0.142. The van der Waals surface area contributed by atoms with E-state index in [4.69, 9.17) is 0 Å². The minimum Gasteiger partial charge on any atom is -0.858 e. The Hall–Kier alpha value is -1.84. The summed E-state index contributed by atoms with van der Waals surface area (Å²) in [6.07, 6.45) is 1.63. The van der Waals surface area contributed by atoms with Crippen LogP contribution in [-0.4, -0.2) is 14.8 Å². The summed E-state index contributed by atoms with van der Waals surface area (Å²) in [6.45, 7) is 1.78. The second-order valence-electron chi connectivity index (χ2n) is 2.72. The molecule has 4 nitrogen and oxygen atoms in total. The maximum atomic E-state index is 11.3. The summed E-state index contributed by atoms with van der Waals surface area (Å²) in [5.41, 5.74) is 0.704. The van der Waals surface area contributed by atoms with Gasteiger partial charge in [-0.25, -0.2) is 9.67 Å². The van der Waals surface area contributed by atoms with Crippen LogP contribution in [0.15, 0.2) is 30.5 Å². The lowest BCUT2D eigenvalue weighted by Gasteiger charge is -2.07. The molecule has 0 radical (unpaired) electrons. The lowest BCUT2D eigenvalue weighted by atomic mass is 10.4. The fourth-order valence-corrected chi connectivity index (χ4v) is 1.12. The Morgan fingerprint density at radius 3 is 2.77 bits per heavy atom. The molecular formula is C9H8N3O-. The molecule has 2 heterocycles. The summed E-state index contributed by atoms with van der Waals surface area (Å²) in [5.74, 6) is 0.414. The lowest BCUT2D eigenvalue weighted by molar-refractivity contribution is -0.277. The zero-order valence-electron chi connectivity index (χ0n) is 7.14. The first-order chi connectivity index (χ1) is 6.27. The molecule has 0 atom stereocenters. The van der Waals surface area contributed by atoms with Gasteiger partial charge in [-0.05, 0) is 31.0 Å². The van der Waals surface area contributed by atoms with Gasteiger partial charge < -0.3 is 5.11 Å². The van der Waals surface area contributed by atoms with E-state index < -0.39 is 0 Å². The molecule has 0 amide bonds. The second-order valence-corrected chi connectivity index (χ2v) is 2.72. The Morgan fingerprint density at radius 2 is 2.23 bits per heavy atom. The molecule has 13 heavy (non-hydrogen) atoms. The maximum absolute atomic E-state index is 11.3. The van der Waals surface area contributed by atoms with E-state index in [1.807, 2.05) is 6.07 Å². The van der Waals surface area contributed by atoms with Gasteiger partial charge >= 0.3 is 0 Å². The first kappa shape index (κ1) is 7.79. The molecule has 0 unspecified atom stereocenters. The molecule has 0 N–H and O–H groups in total. The van der Waals surface area contributed by atoms with Gasteiger partial charge in [0.05, 0.1) is 5.69 Å². The summed E-state index contributed by atoms with van der Waals surface area (Å²) in [4.78, 5) is 4.02. The number of hydrogen-bond donors (Lipinski definition) is 0. The summed E-state index contributed by atoms with van der Waals surface area (Å²) < 4.78 is 1.29. The molecule has 66 valence electrons. The number of pyridine rings is 1. The van der Waals surface area contributed by atoms with E-state index >= 15 is 0 Å². The second kappa shape index (κ2) is 2.90. The van der Waals surface area contributed by atoms with Crippen molar-refractivity contribution in [2.24, 2.45) is 0 Å². The molecule has 2 aromatic heterocycles. The molecule has 0 aromatic carbocycles. The van der Waals surface area contributed by atoms with E-state index in [0.29, 0.717) is 11.5 Å². The number of aromatic nitrogens is 3. The van der Waals surface area contributed by atoms with Crippen molar-refractivity contribution in [3.05, 3.63) is 36.2 Å². The molecule has 4 heteroatoms. The standard InChI is InChI=1S/C9H9N3O/c1-7-6-9(13)12(11-7)8-4-2-3-5-10-8/h2-6,13H,1H3/p-1. The third-order valence-electron chi connectivity index (χ3n) is 1.67. The number of hydrogen-bond acceptors (Lipinski definition) is 3. The van der Waals surface area contributed by atoms with Gasteiger partial charge in [-0.1, -0.05) is 6.07 Å². The van der Waals surface area contributed by atoms with E-state index in [0.717, 1.165) is 0 Å². The van der Waals surface area contributed by atoms with Gasteiger partial charge in [-0.15, -0.1) is 0 Å². The average Bonchev–Trinajstić information content (AvgIpc) is 2.47. The van der Waals surface area contributed by atoms with Crippen LogP contribution >= 0.6 is 0 Å². The van der Waals surface area contributed by atoms with E-state index in [-0.39, 0.29) is 5.88 Å². The van der Waals surface area contributed by atoms with Gasteiger partial charge in [-0.3, -0.25) is 0 Å². The highest BCUT2D eigenvalue weighted by Gasteiger charge is 1.99. The van der Waals surface area contributed by atoms with Gasteiger partial charge in [-0.2, -0.15) is 5.10 Å². The van der Waals surface area contributed by atoms with Crippen LogP contribution in [0.1, 0.15) is 5.69 Å². The molecule has 0 aliphatic rings. The molecule has 2 aromatic rings. The van der Waals surface area contributed by atoms with Gasteiger partial charge in [0.15, 0.2) is 5.82 Å². The van der Waals surface area contributed by atoms with E-state index in [1.54, 1.807) is 25.3 Å². The molecule has 2 rings (SSSR count). The first-order valence-electron chi connectivity index (χ1n) is 3.92. The molecule has 0 aliphatic carbocycles. The monoisotopic (exact) mass is 174 g/mol. The van der Waals surface area contributed by atoms with Crippen LogP contribution in [0.2, 0.25) is 0 Å². The van der Waals surface area contributed by atoms with Crippen LogP contribution in [0.25, 0.3) is 5.82 Å². The minimum atomic E-state index is -0.142. The van der Waals surface area contributed by atoms with Crippen LogP contribution in [0, 0.1) is 6.92 Å². The topological polar surface area (TPSA) is 53.8 Å². The Bertz CT molecular complexity index is 408. The van der Waals surface area contributed by atoms with Crippen molar-refractivity contribution >= 4 is 0 Å². The Balaban J connectivity index is 2.53. The normalized spacial score (nSPS) is 10.2. The Morgan fingerprint density at radius 1 is 1.38 bits per heavy atom. The summed E-state index contributed by atoms with van der Waals surface area (Å²) in [6, 6.07) is 6.84. The van der Waals surface area contributed by atoms with Crippen LogP contribution in [0.3, 0.4) is 0 Å². The van der Waals surface area contributed by atoms with Gasteiger partial charge in [0.25, 0.3) is 0 Å². The van der Waals surface area contributed by atoms with Crippen molar-refractivity contribution < 1.29 is 5.11 Å². The molecule has 0 bridgehead atoms. The van der Waals surface area contributed by atoms with Crippen molar-refractivity contribution in [2.75, 3.05) is 0 Å². The first-order valence-corrected chi connectivity index (χ1v) is 3.92. The fraction of sp³-hybridized carbons (Fsp3) is 0.111. The predicted molar refractivity (Wildman–Crippen MR) is 45.5 cm³/mol. The third-order valence-corrected chi connectivity index (χ3v) is 1.67. The largest absolute Gasteiger partial charge is 0.858 e. The lowest BCUT2D eigenvalue weighted by Crippen LogP contribution is -2.04. The zero-order valence-corrected chi connectivity index (χ0v) is 7.14. The van der Waals surface area contributed by atoms with Crippen molar-refractivity contribution in [2.45, 2.75) is 6.92 Å². The highest BCUT2D eigenvalue weighted by atomic mass is 16.3. The zero-order chi connectivity index (χ0) is 9.26. The van der Waals surface area contributed by atoms with Gasteiger partial charge in [0, 0.05) is 6.20 Å². The molecule has 0 fully saturated rings. The third kappa shape index (κ3) is 1.38. The summed E-state index contributed by atoms with van der Waals surface area (Å²) in [7, 11) is 0. The quantitative estimate of drug-likeness (QED) is 0.637. The van der Waals surface area contributed by atoms with Crippen LogP contribution in [0.5, 0.6) is 5.88 Å². The smallest absolute Gasteiger partial charge is 0.152 e. The molecule has 0 spiro atoms. The van der Waals surface area contributed by atoms with E-state index in [1.165, 1.54) is 10.7 Å². The summed E-state index contributed by atoms with van der Waals surface area (Å²) in [5, 5.41) is 15.3. The molecular weight excluding hydrogens is 166 g/mol. The van der Waals surface area contributed by atoms with Gasteiger partial charge in [0.2, 0.25) is 0 Å². The maximum Gasteiger partial charge on any atom is 0.152 e. The highest BCUT2D eigenvalue weighted by Crippen LogP contribution is 2.12. The predicted octanol–water partition coefficient (Wildman–Crippen LogP) is 0.649. The molecule has 0 saturated heterocycles. The SMILES string of the molecule is Cc1cc([O-])n(-c2ccccn2)n1. The van der Waals surface area contributed by atoms with Crippen molar-refractivity contribution in [3.63, 3.8) is 0 Å². The van der Waals surface area contributed by atoms with Crippen molar-refractivity contribution in [1.82, 2.24) is 14.8 Å². The van der Waals surface area contributed by atoms with Crippen molar-refractivity contribution in [3.8, 4) is 11.7 Å². The van der Waals surface area contributed by atoms with Crippen molar-refractivity contribution in [1.29, 1.82) is 0 Å². The number of aryl methyl sites for hydroxylation is 1. The highest BCUT2D eigenvalue weighted by molar-refractivity contribution is 5.27.